The highest BCUT2D eigenvalue weighted by Gasteiger charge is 2.31. The van der Waals surface area contributed by atoms with Crippen molar-refractivity contribution in [2.75, 3.05) is 20.8 Å². The van der Waals surface area contributed by atoms with Crippen LogP contribution in [-0.2, 0) is 11.3 Å². The lowest BCUT2D eigenvalue weighted by molar-refractivity contribution is 0.0296. The van der Waals surface area contributed by atoms with Crippen molar-refractivity contribution in [1.29, 1.82) is 0 Å². The quantitative estimate of drug-likeness (QED) is 0.947. The van der Waals surface area contributed by atoms with Gasteiger partial charge in [0.15, 0.2) is 0 Å². The van der Waals surface area contributed by atoms with Gasteiger partial charge in [-0.05, 0) is 17.2 Å². The highest BCUT2D eigenvalue weighted by Crippen LogP contribution is 2.41. The van der Waals surface area contributed by atoms with Crippen LogP contribution in [-0.4, -0.2) is 32.0 Å². The maximum absolute atomic E-state index is 10.6. The van der Waals surface area contributed by atoms with Gasteiger partial charge in [-0.1, -0.05) is 30.3 Å². The number of rotatable bonds is 3. The minimum absolute atomic E-state index is 0.181. The van der Waals surface area contributed by atoms with E-state index in [1.807, 2.05) is 42.5 Å². The molecule has 4 heteroatoms. The van der Waals surface area contributed by atoms with Gasteiger partial charge in [0.05, 0.1) is 33.5 Å². The zero-order chi connectivity index (χ0) is 15.5. The predicted octanol–water partition coefficient (Wildman–Crippen LogP) is 2.73. The zero-order valence-corrected chi connectivity index (χ0v) is 12.8. The Morgan fingerprint density at radius 3 is 2.55 bits per heavy atom. The van der Waals surface area contributed by atoms with Crippen molar-refractivity contribution < 1.29 is 19.3 Å². The third-order valence-corrected chi connectivity index (χ3v) is 4.06. The second-order valence-corrected chi connectivity index (χ2v) is 5.37. The summed E-state index contributed by atoms with van der Waals surface area (Å²) in [6.07, 6.45) is -0.619. The number of benzene rings is 2. The second-order valence-electron chi connectivity index (χ2n) is 5.37. The van der Waals surface area contributed by atoms with Gasteiger partial charge in [0.25, 0.3) is 0 Å². The monoisotopic (exact) mass is 300 g/mol. The lowest BCUT2D eigenvalue weighted by Gasteiger charge is -2.24. The number of aliphatic hydroxyl groups is 1. The molecule has 2 aromatic carbocycles. The third-order valence-electron chi connectivity index (χ3n) is 4.06. The summed E-state index contributed by atoms with van der Waals surface area (Å²) < 4.78 is 16.5. The van der Waals surface area contributed by atoms with Crippen LogP contribution in [0, 0.1) is 0 Å². The summed E-state index contributed by atoms with van der Waals surface area (Å²) in [5.74, 6) is 1.26. The standard InChI is InChI=1S/C18H20O4/c1-20-14-8-13-10-22-11-15(19)17(12-6-4-3-5-7-12)18(13)16(9-14)21-2/h3-9,15,17,19H,10-11H2,1-2H3/t15-,17+/m1/s1. The van der Waals surface area contributed by atoms with Crippen LogP contribution in [0.3, 0.4) is 0 Å². The molecule has 0 unspecified atom stereocenters. The summed E-state index contributed by atoms with van der Waals surface area (Å²) >= 11 is 0. The maximum atomic E-state index is 10.6. The van der Waals surface area contributed by atoms with Crippen molar-refractivity contribution in [2.45, 2.75) is 18.6 Å². The largest absolute Gasteiger partial charge is 0.497 e. The number of ether oxygens (including phenoxy) is 3. The van der Waals surface area contributed by atoms with E-state index in [4.69, 9.17) is 14.2 Å². The first kappa shape index (κ1) is 14.9. The van der Waals surface area contributed by atoms with Gasteiger partial charge in [-0.2, -0.15) is 0 Å². The molecule has 116 valence electrons. The number of fused-ring (bicyclic) bond motifs is 1. The van der Waals surface area contributed by atoms with E-state index < -0.39 is 6.10 Å². The Morgan fingerprint density at radius 2 is 1.86 bits per heavy atom. The molecule has 1 N–H and O–H groups in total. The Bertz CT molecular complexity index is 639. The average Bonchev–Trinajstić information content (AvgIpc) is 2.73. The van der Waals surface area contributed by atoms with Crippen molar-refractivity contribution in [3.05, 3.63) is 59.2 Å². The molecular formula is C18H20O4. The Balaban J connectivity index is 2.19. The molecule has 0 amide bonds. The fourth-order valence-corrected chi connectivity index (χ4v) is 3.04. The highest BCUT2D eigenvalue weighted by atomic mass is 16.5. The fourth-order valence-electron chi connectivity index (χ4n) is 3.04. The van der Waals surface area contributed by atoms with Crippen molar-refractivity contribution >= 4 is 0 Å². The zero-order valence-electron chi connectivity index (χ0n) is 12.8. The lowest BCUT2D eigenvalue weighted by Crippen LogP contribution is -2.23. The number of aliphatic hydroxyl groups excluding tert-OH is 1. The van der Waals surface area contributed by atoms with Crippen LogP contribution in [0.2, 0.25) is 0 Å². The van der Waals surface area contributed by atoms with Crippen LogP contribution >= 0.6 is 0 Å². The molecule has 0 saturated heterocycles. The van der Waals surface area contributed by atoms with Crippen molar-refractivity contribution in [1.82, 2.24) is 0 Å². The van der Waals surface area contributed by atoms with Crippen molar-refractivity contribution in [3.8, 4) is 11.5 Å². The molecule has 2 atom stereocenters. The Labute approximate surface area is 130 Å². The van der Waals surface area contributed by atoms with E-state index in [1.54, 1.807) is 14.2 Å². The molecule has 1 heterocycles. The molecule has 1 aliphatic rings. The van der Waals surface area contributed by atoms with Gasteiger partial charge in [0.2, 0.25) is 0 Å². The van der Waals surface area contributed by atoms with E-state index in [9.17, 15) is 5.11 Å². The van der Waals surface area contributed by atoms with Crippen LogP contribution in [0.1, 0.15) is 22.6 Å². The molecule has 4 nitrogen and oxygen atoms in total. The normalized spacial score (nSPS) is 20.9. The summed E-state index contributed by atoms with van der Waals surface area (Å²) in [6.45, 7) is 0.725. The Kier molecular flexibility index (Phi) is 4.32. The first-order valence-corrected chi connectivity index (χ1v) is 7.30. The average molecular weight is 300 g/mol. The molecular weight excluding hydrogens is 280 g/mol. The SMILES string of the molecule is COc1cc2c(c(OC)c1)[C@@H](c1ccccc1)[C@H](O)COC2. The summed E-state index contributed by atoms with van der Waals surface area (Å²) in [5.41, 5.74) is 3.01. The molecule has 22 heavy (non-hydrogen) atoms. The van der Waals surface area contributed by atoms with E-state index in [0.717, 1.165) is 22.4 Å². The van der Waals surface area contributed by atoms with Gasteiger partial charge in [0.1, 0.15) is 11.5 Å². The van der Waals surface area contributed by atoms with Gasteiger partial charge < -0.3 is 19.3 Å². The summed E-state index contributed by atoms with van der Waals surface area (Å²) in [7, 11) is 3.26. The summed E-state index contributed by atoms with van der Waals surface area (Å²) in [4.78, 5) is 0. The molecule has 0 saturated carbocycles. The molecule has 0 radical (unpaired) electrons. The first-order chi connectivity index (χ1) is 10.7. The van der Waals surface area contributed by atoms with Crippen LogP contribution in [0.5, 0.6) is 11.5 Å². The van der Waals surface area contributed by atoms with Crippen LogP contribution in [0.25, 0.3) is 0 Å². The van der Waals surface area contributed by atoms with Crippen molar-refractivity contribution in [2.24, 2.45) is 0 Å². The summed E-state index contributed by atoms with van der Waals surface area (Å²) in [6, 6.07) is 13.8. The second kappa shape index (κ2) is 6.38. The minimum Gasteiger partial charge on any atom is -0.497 e. The van der Waals surface area contributed by atoms with Gasteiger partial charge in [0, 0.05) is 17.5 Å². The van der Waals surface area contributed by atoms with E-state index in [0.29, 0.717) is 19.0 Å². The Hall–Kier alpha value is -2.04. The van der Waals surface area contributed by atoms with Crippen molar-refractivity contribution in [3.63, 3.8) is 0 Å². The first-order valence-electron chi connectivity index (χ1n) is 7.30. The molecule has 0 spiro atoms. The van der Waals surface area contributed by atoms with E-state index >= 15 is 0 Å². The highest BCUT2D eigenvalue weighted by molar-refractivity contribution is 5.52. The smallest absolute Gasteiger partial charge is 0.126 e. The summed E-state index contributed by atoms with van der Waals surface area (Å²) in [5, 5.41) is 10.6. The van der Waals surface area contributed by atoms with Crippen LogP contribution in [0.4, 0.5) is 0 Å². The van der Waals surface area contributed by atoms with Gasteiger partial charge >= 0.3 is 0 Å². The molecule has 3 rings (SSSR count). The van der Waals surface area contributed by atoms with Gasteiger partial charge in [-0.15, -0.1) is 0 Å². The fraction of sp³-hybridized carbons (Fsp3) is 0.333. The van der Waals surface area contributed by atoms with Crippen LogP contribution in [0.15, 0.2) is 42.5 Å². The van der Waals surface area contributed by atoms with E-state index in [-0.39, 0.29) is 5.92 Å². The molecule has 2 aromatic rings. The van der Waals surface area contributed by atoms with E-state index in [2.05, 4.69) is 0 Å². The van der Waals surface area contributed by atoms with Gasteiger partial charge in [-0.3, -0.25) is 0 Å². The minimum atomic E-state index is -0.619. The number of methoxy groups -OCH3 is 2. The predicted molar refractivity (Wildman–Crippen MR) is 83.5 cm³/mol. The molecule has 0 bridgehead atoms. The molecule has 0 fully saturated rings. The lowest BCUT2D eigenvalue weighted by atomic mass is 9.84. The number of hydrogen-bond donors (Lipinski definition) is 1. The third kappa shape index (κ3) is 2.67. The Morgan fingerprint density at radius 1 is 1.09 bits per heavy atom. The number of hydrogen-bond acceptors (Lipinski definition) is 4. The maximum Gasteiger partial charge on any atom is 0.126 e. The molecule has 0 aliphatic carbocycles. The van der Waals surface area contributed by atoms with Gasteiger partial charge in [-0.25, -0.2) is 0 Å². The van der Waals surface area contributed by atoms with Crippen LogP contribution < -0.4 is 9.47 Å². The molecule has 0 aromatic heterocycles. The topological polar surface area (TPSA) is 47.9 Å². The van der Waals surface area contributed by atoms with E-state index in [1.165, 1.54) is 0 Å². The molecule has 1 aliphatic heterocycles.